The lowest BCUT2D eigenvalue weighted by Crippen LogP contribution is -2.43. The van der Waals surface area contributed by atoms with Gasteiger partial charge in [0.05, 0.1) is 20.5 Å². The summed E-state index contributed by atoms with van der Waals surface area (Å²) in [7, 11) is -2.08. The molecule has 0 aromatic heterocycles. The van der Waals surface area contributed by atoms with Crippen molar-refractivity contribution in [1.29, 1.82) is 5.26 Å². The number of hydrogen-bond donors (Lipinski definition) is 0. The molecule has 9 heteroatoms. The summed E-state index contributed by atoms with van der Waals surface area (Å²) in [5.74, 6) is -0.328. The molecule has 0 atom stereocenters. The van der Waals surface area contributed by atoms with Crippen LogP contribution in [0.1, 0.15) is 24.0 Å². The van der Waals surface area contributed by atoms with Crippen LogP contribution in [0.5, 0.6) is 0 Å². The molecule has 0 N–H and O–H groups in total. The minimum absolute atomic E-state index is 0.00462. The van der Waals surface area contributed by atoms with E-state index < -0.39 is 10.0 Å². The van der Waals surface area contributed by atoms with Crippen LogP contribution in [0.2, 0.25) is 10.0 Å². The fourth-order valence-corrected chi connectivity index (χ4v) is 5.57. The summed E-state index contributed by atoms with van der Waals surface area (Å²) in [6.07, 6.45) is 0.834. The van der Waals surface area contributed by atoms with Gasteiger partial charge in [-0.3, -0.25) is 4.79 Å². The van der Waals surface area contributed by atoms with Crippen LogP contribution in [0.4, 0.5) is 0 Å². The lowest BCUT2D eigenvalue weighted by Gasteiger charge is -2.32. The summed E-state index contributed by atoms with van der Waals surface area (Å²) in [4.78, 5) is 14.5. The van der Waals surface area contributed by atoms with Crippen molar-refractivity contribution in [2.24, 2.45) is 5.92 Å². The number of rotatable bonds is 5. The van der Waals surface area contributed by atoms with Crippen molar-refractivity contribution in [3.63, 3.8) is 0 Å². The van der Waals surface area contributed by atoms with Crippen molar-refractivity contribution in [1.82, 2.24) is 9.21 Å². The first-order chi connectivity index (χ1) is 14.3. The normalized spacial score (nSPS) is 15.5. The molecule has 3 rings (SSSR count). The van der Waals surface area contributed by atoms with E-state index in [4.69, 9.17) is 23.2 Å². The third-order valence-corrected chi connectivity index (χ3v) is 8.06. The van der Waals surface area contributed by atoms with Gasteiger partial charge in [-0.15, -0.1) is 0 Å². The first-order valence-corrected chi connectivity index (χ1v) is 11.6. The highest BCUT2D eigenvalue weighted by Crippen LogP contribution is 2.29. The minimum Gasteiger partial charge on any atom is -0.341 e. The SMILES string of the molecule is CN(Cc1cccc(Cl)c1Cl)C(=O)C1CCN(S(=O)(=O)c2ccccc2C#N)CC1. The third-order valence-electron chi connectivity index (χ3n) is 5.24. The highest BCUT2D eigenvalue weighted by atomic mass is 35.5. The molecule has 0 unspecified atom stereocenters. The molecule has 0 radical (unpaired) electrons. The molecule has 2 aromatic carbocycles. The van der Waals surface area contributed by atoms with Crippen molar-refractivity contribution in [3.05, 3.63) is 63.6 Å². The Balaban J connectivity index is 1.65. The van der Waals surface area contributed by atoms with Gasteiger partial charge in [0.25, 0.3) is 0 Å². The maximum Gasteiger partial charge on any atom is 0.244 e. The van der Waals surface area contributed by atoms with Crippen molar-refractivity contribution < 1.29 is 13.2 Å². The van der Waals surface area contributed by atoms with E-state index in [0.29, 0.717) is 29.4 Å². The summed E-state index contributed by atoms with van der Waals surface area (Å²) in [5, 5.41) is 10.1. The van der Waals surface area contributed by atoms with E-state index in [0.717, 1.165) is 5.56 Å². The molecule has 158 valence electrons. The lowest BCUT2D eigenvalue weighted by atomic mass is 9.96. The Morgan fingerprint density at radius 1 is 1.17 bits per heavy atom. The summed E-state index contributed by atoms with van der Waals surface area (Å²) in [6, 6.07) is 13.4. The van der Waals surface area contributed by atoms with Crippen LogP contribution >= 0.6 is 23.2 Å². The Morgan fingerprint density at radius 2 is 1.83 bits per heavy atom. The monoisotopic (exact) mass is 465 g/mol. The van der Waals surface area contributed by atoms with E-state index >= 15 is 0 Å². The second kappa shape index (κ2) is 9.36. The van der Waals surface area contributed by atoms with Gasteiger partial charge in [0.15, 0.2) is 0 Å². The first-order valence-electron chi connectivity index (χ1n) is 9.43. The van der Waals surface area contributed by atoms with Crippen LogP contribution in [-0.2, 0) is 21.4 Å². The number of nitrogens with zero attached hydrogens (tertiary/aromatic N) is 3. The molecule has 1 fully saturated rings. The molecule has 6 nitrogen and oxygen atoms in total. The number of nitriles is 1. The number of halogens is 2. The summed E-state index contributed by atoms with van der Waals surface area (Å²) in [5.41, 5.74) is 0.877. The van der Waals surface area contributed by atoms with Gasteiger partial charge in [-0.25, -0.2) is 8.42 Å². The van der Waals surface area contributed by atoms with Gasteiger partial charge >= 0.3 is 0 Å². The molecule has 0 bridgehead atoms. The maximum absolute atomic E-state index is 12.9. The first kappa shape index (κ1) is 22.6. The molecule has 0 saturated carbocycles. The predicted molar refractivity (Wildman–Crippen MR) is 116 cm³/mol. The van der Waals surface area contributed by atoms with E-state index in [1.165, 1.54) is 16.4 Å². The number of carbonyl (C=O) groups excluding carboxylic acids is 1. The molecular weight excluding hydrogens is 445 g/mol. The van der Waals surface area contributed by atoms with Crippen molar-refractivity contribution >= 4 is 39.1 Å². The maximum atomic E-state index is 12.9. The Morgan fingerprint density at radius 3 is 2.50 bits per heavy atom. The highest BCUT2D eigenvalue weighted by molar-refractivity contribution is 7.89. The van der Waals surface area contributed by atoms with E-state index in [1.807, 2.05) is 12.1 Å². The quantitative estimate of drug-likeness (QED) is 0.669. The Labute approximate surface area is 186 Å². The van der Waals surface area contributed by atoms with E-state index in [9.17, 15) is 18.5 Å². The van der Waals surface area contributed by atoms with Crippen molar-refractivity contribution in [2.75, 3.05) is 20.1 Å². The molecule has 1 aliphatic heterocycles. The van der Waals surface area contributed by atoms with Gasteiger partial charge in [0, 0.05) is 32.6 Å². The standard InChI is InChI=1S/C21H21Cl2N3O3S/c1-25(14-17-6-4-7-18(22)20(17)23)21(27)15-9-11-26(12-10-15)30(28,29)19-8-3-2-5-16(19)13-24/h2-8,15H,9-12,14H2,1H3. The summed E-state index contributed by atoms with van der Waals surface area (Å²) >= 11 is 12.3. The van der Waals surface area contributed by atoms with Crippen molar-refractivity contribution in [2.45, 2.75) is 24.3 Å². The van der Waals surface area contributed by atoms with E-state index in [-0.39, 0.29) is 35.4 Å². The third kappa shape index (κ3) is 4.62. The van der Waals surface area contributed by atoms with Gasteiger partial charge in [0.1, 0.15) is 6.07 Å². The number of piperidine rings is 1. The van der Waals surface area contributed by atoms with Crippen LogP contribution < -0.4 is 0 Å². The average Bonchev–Trinajstić information content (AvgIpc) is 2.76. The Hall–Kier alpha value is -2.11. The second-order valence-electron chi connectivity index (χ2n) is 7.19. The molecule has 0 spiro atoms. The molecule has 1 heterocycles. The topological polar surface area (TPSA) is 81.5 Å². The fourth-order valence-electron chi connectivity index (χ4n) is 3.58. The Bertz CT molecular complexity index is 1090. The van der Waals surface area contributed by atoms with Gasteiger partial charge in [-0.1, -0.05) is 47.5 Å². The summed E-state index contributed by atoms with van der Waals surface area (Å²) in [6.45, 7) is 0.779. The molecule has 30 heavy (non-hydrogen) atoms. The smallest absolute Gasteiger partial charge is 0.244 e. The van der Waals surface area contributed by atoms with Crippen LogP contribution in [0.15, 0.2) is 47.4 Å². The van der Waals surface area contributed by atoms with E-state index in [1.54, 1.807) is 36.2 Å². The van der Waals surface area contributed by atoms with Gasteiger partial charge in [-0.2, -0.15) is 9.57 Å². The zero-order valence-corrected chi connectivity index (χ0v) is 18.7. The Kier molecular flexibility index (Phi) is 7.04. The van der Waals surface area contributed by atoms with Gasteiger partial charge < -0.3 is 4.90 Å². The largest absolute Gasteiger partial charge is 0.341 e. The highest BCUT2D eigenvalue weighted by Gasteiger charge is 2.34. The van der Waals surface area contributed by atoms with Crippen LogP contribution in [0, 0.1) is 17.2 Å². The number of sulfonamides is 1. The predicted octanol–water partition coefficient (Wildman–Crippen LogP) is 3.92. The van der Waals surface area contributed by atoms with Crippen molar-refractivity contribution in [3.8, 4) is 6.07 Å². The average molecular weight is 466 g/mol. The molecule has 1 aliphatic rings. The molecule has 0 aliphatic carbocycles. The van der Waals surface area contributed by atoms with E-state index in [2.05, 4.69) is 0 Å². The summed E-state index contributed by atoms with van der Waals surface area (Å²) < 4.78 is 27.2. The minimum atomic E-state index is -3.78. The molecular formula is C21H21Cl2N3O3S. The van der Waals surface area contributed by atoms with Crippen LogP contribution in [-0.4, -0.2) is 43.7 Å². The fraction of sp³-hybridized carbons (Fsp3) is 0.333. The number of benzene rings is 2. The zero-order valence-electron chi connectivity index (χ0n) is 16.4. The van der Waals surface area contributed by atoms with Gasteiger partial charge in [-0.05, 0) is 36.6 Å². The molecule has 1 saturated heterocycles. The number of amides is 1. The van der Waals surface area contributed by atoms with Crippen LogP contribution in [0.3, 0.4) is 0 Å². The van der Waals surface area contributed by atoms with Gasteiger partial charge in [0.2, 0.25) is 15.9 Å². The lowest BCUT2D eigenvalue weighted by molar-refractivity contribution is -0.135. The molecule has 1 amide bonds. The molecule has 2 aromatic rings. The second-order valence-corrected chi connectivity index (χ2v) is 9.89. The van der Waals surface area contributed by atoms with Crippen LogP contribution in [0.25, 0.3) is 0 Å². The number of hydrogen-bond acceptors (Lipinski definition) is 4. The zero-order chi connectivity index (χ0) is 21.9. The number of carbonyl (C=O) groups is 1.